The Bertz CT molecular complexity index is 172. The first kappa shape index (κ1) is 9.52. The second-order valence-electron chi connectivity index (χ2n) is 4.47. The Morgan fingerprint density at radius 1 is 1.58 bits per heavy atom. The van der Waals surface area contributed by atoms with E-state index < -0.39 is 0 Å². The molecule has 1 saturated heterocycles. The van der Waals surface area contributed by atoms with Crippen LogP contribution in [0.5, 0.6) is 0 Å². The van der Waals surface area contributed by atoms with E-state index in [4.69, 9.17) is 4.74 Å². The van der Waals surface area contributed by atoms with Crippen LogP contribution >= 0.6 is 0 Å². The summed E-state index contributed by atoms with van der Waals surface area (Å²) in [6, 6.07) is 0. The maximum Gasteiger partial charge on any atom is 0.222 e. The minimum atomic E-state index is -0.0447. The number of carbonyl (C=O) groups is 1. The Hall–Kier alpha value is -0.570. The van der Waals surface area contributed by atoms with Crippen LogP contribution in [0.4, 0.5) is 0 Å². The molecule has 0 aliphatic carbocycles. The molecule has 0 spiro atoms. The van der Waals surface area contributed by atoms with Gasteiger partial charge in [-0.1, -0.05) is 20.8 Å². The largest absolute Gasteiger partial charge is 0.358 e. The third kappa shape index (κ3) is 3.22. The van der Waals surface area contributed by atoms with Crippen LogP contribution in [0.15, 0.2) is 0 Å². The molecule has 1 amide bonds. The summed E-state index contributed by atoms with van der Waals surface area (Å²) >= 11 is 0. The molecule has 1 heterocycles. The molecule has 0 saturated carbocycles. The molecule has 70 valence electrons. The van der Waals surface area contributed by atoms with E-state index in [1.54, 1.807) is 0 Å². The van der Waals surface area contributed by atoms with Gasteiger partial charge >= 0.3 is 0 Å². The van der Waals surface area contributed by atoms with Gasteiger partial charge in [0, 0.05) is 12.8 Å². The van der Waals surface area contributed by atoms with Gasteiger partial charge in [-0.05, 0) is 5.41 Å². The van der Waals surface area contributed by atoms with Crippen molar-refractivity contribution in [2.45, 2.75) is 39.8 Å². The third-order valence-electron chi connectivity index (χ3n) is 1.67. The Labute approximate surface area is 73.5 Å². The highest BCUT2D eigenvalue weighted by Crippen LogP contribution is 2.16. The van der Waals surface area contributed by atoms with Crippen LogP contribution in [0.25, 0.3) is 0 Å². The van der Waals surface area contributed by atoms with Crippen molar-refractivity contribution < 1.29 is 9.53 Å². The smallest absolute Gasteiger partial charge is 0.222 e. The molecule has 1 unspecified atom stereocenters. The molecule has 0 aromatic carbocycles. The van der Waals surface area contributed by atoms with Crippen molar-refractivity contribution in [2.24, 2.45) is 5.41 Å². The number of hydrogen-bond acceptors (Lipinski definition) is 2. The van der Waals surface area contributed by atoms with Gasteiger partial charge in [-0.25, -0.2) is 0 Å². The maximum absolute atomic E-state index is 10.8. The van der Waals surface area contributed by atoms with Crippen LogP contribution in [-0.4, -0.2) is 18.7 Å². The molecule has 1 aliphatic heterocycles. The molecule has 0 bridgehead atoms. The topological polar surface area (TPSA) is 38.3 Å². The van der Waals surface area contributed by atoms with Crippen molar-refractivity contribution >= 4 is 5.91 Å². The van der Waals surface area contributed by atoms with E-state index in [2.05, 4.69) is 26.1 Å². The Kier molecular flexibility index (Phi) is 2.73. The van der Waals surface area contributed by atoms with Gasteiger partial charge in [0.25, 0.3) is 0 Å². The average Bonchev–Trinajstić information content (AvgIpc) is 2.30. The summed E-state index contributed by atoms with van der Waals surface area (Å²) in [5.74, 6) is 0.105. The molecule has 0 aromatic rings. The zero-order valence-corrected chi connectivity index (χ0v) is 8.02. The van der Waals surface area contributed by atoms with E-state index in [9.17, 15) is 4.79 Å². The third-order valence-corrected chi connectivity index (χ3v) is 1.67. The summed E-state index contributed by atoms with van der Waals surface area (Å²) < 4.78 is 5.51. The molecule has 0 radical (unpaired) electrons. The molecular weight excluding hydrogens is 154 g/mol. The number of ether oxygens (including phenoxy) is 1. The number of rotatable bonds is 2. The van der Waals surface area contributed by atoms with Gasteiger partial charge in [0.2, 0.25) is 5.91 Å². The van der Waals surface area contributed by atoms with Gasteiger partial charge in [-0.2, -0.15) is 0 Å². The summed E-state index contributed by atoms with van der Waals surface area (Å²) in [6.45, 7) is 7.04. The first-order valence-electron chi connectivity index (χ1n) is 4.38. The Morgan fingerprint density at radius 2 is 2.25 bits per heavy atom. The van der Waals surface area contributed by atoms with E-state index in [0.29, 0.717) is 13.0 Å². The van der Waals surface area contributed by atoms with Gasteiger partial charge in [0.1, 0.15) is 6.23 Å². The van der Waals surface area contributed by atoms with Gasteiger partial charge in [-0.15, -0.1) is 0 Å². The monoisotopic (exact) mass is 171 g/mol. The Morgan fingerprint density at radius 3 is 2.67 bits per heavy atom. The first-order chi connectivity index (χ1) is 5.47. The summed E-state index contributed by atoms with van der Waals surface area (Å²) in [6.07, 6.45) is 1.38. The molecule has 1 N–H and O–H groups in total. The van der Waals surface area contributed by atoms with Crippen molar-refractivity contribution in [2.75, 3.05) is 6.61 Å². The quantitative estimate of drug-likeness (QED) is 0.679. The molecular formula is C9H17NO2. The molecule has 1 atom stereocenters. The van der Waals surface area contributed by atoms with Gasteiger partial charge in [0.15, 0.2) is 0 Å². The summed E-state index contributed by atoms with van der Waals surface area (Å²) in [5.41, 5.74) is 0.174. The number of nitrogens with one attached hydrogen (secondary N) is 1. The fourth-order valence-electron chi connectivity index (χ4n) is 1.06. The van der Waals surface area contributed by atoms with E-state index >= 15 is 0 Å². The van der Waals surface area contributed by atoms with E-state index in [1.165, 1.54) is 0 Å². The van der Waals surface area contributed by atoms with E-state index in [1.807, 2.05) is 0 Å². The maximum atomic E-state index is 10.8. The average molecular weight is 171 g/mol. The molecule has 12 heavy (non-hydrogen) atoms. The Balaban J connectivity index is 2.20. The predicted octanol–water partition coefficient (Wildman–Crippen LogP) is 1.29. The lowest BCUT2D eigenvalue weighted by atomic mass is 9.99. The summed E-state index contributed by atoms with van der Waals surface area (Å²) in [7, 11) is 0. The molecule has 0 aromatic heterocycles. The molecule has 1 fully saturated rings. The highest BCUT2D eigenvalue weighted by Gasteiger charge is 2.22. The van der Waals surface area contributed by atoms with Gasteiger partial charge < -0.3 is 10.1 Å². The normalized spacial score (nSPS) is 24.2. The zero-order chi connectivity index (χ0) is 9.19. The van der Waals surface area contributed by atoms with Gasteiger partial charge in [-0.3, -0.25) is 4.79 Å². The van der Waals surface area contributed by atoms with Crippen LogP contribution in [-0.2, 0) is 9.53 Å². The molecule has 3 heteroatoms. The highest BCUT2D eigenvalue weighted by molar-refractivity contribution is 5.78. The van der Waals surface area contributed by atoms with Crippen LogP contribution in [0.2, 0.25) is 0 Å². The lowest BCUT2D eigenvalue weighted by molar-refractivity contribution is -0.121. The van der Waals surface area contributed by atoms with Crippen LogP contribution in [0, 0.1) is 5.41 Å². The number of amides is 1. The minimum absolute atomic E-state index is 0.0447. The molecule has 3 nitrogen and oxygen atoms in total. The summed E-state index contributed by atoms with van der Waals surface area (Å²) in [5, 5.41) is 2.77. The fourth-order valence-corrected chi connectivity index (χ4v) is 1.06. The highest BCUT2D eigenvalue weighted by atomic mass is 16.5. The first-order valence-corrected chi connectivity index (χ1v) is 4.38. The second kappa shape index (κ2) is 3.44. The number of carbonyl (C=O) groups excluding carboxylic acids is 1. The van der Waals surface area contributed by atoms with Crippen molar-refractivity contribution in [1.29, 1.82) is 0 Å². The van der Waals surface area contributed by atoms with Gasteiger partial charge in [0.05, 0.1) is 6.61 Å². The van der Waals surface area contributed by atoms with Crippen molar-refractivity contribution in [1.82, 2.24) is 5.32 Å². The van der Waals surface area contributed by atoms with Crippen LogP contribution in [0.3, 0.4) is 0 Å². The fraction of sp³-hybridized carbons (Fsp3) is 0.889. The van der Waals surface area contributed by atoms with Crippen molar-refractivity contribution in [3.05, 3.63) is 0 Å². The minimum Gasteiger partial charge on any atom is -0.358 e. The standard InChI is InChI=1S/C9H17NO2/c1-9(2,3)6-12-8-5-4-7(11)10-8/h8H,4-6H2,1-3H3,(H,10,11). The zero-order valence-electron chi connectivity index (χ0n) is 8.02. The second-order valence-corrected chi connectivity index (χ2v) is 4.47. The van der Waals surface area contributed by atoms with Crippen molar-refractivity contribution in [3.8, 4) is 0 Å². The lowest BCUT2D eigenvalue weighted by Crippen LogP contribution is -2.31. The van der Waals surface area contributed by atoms with Crippen molar-refractivity contribution in [3.63, 3.8) is 0 Å². The SMILES string of the molecule is CC(C)(C)COC1CCC(=O)N1. The molecule has 1 rings (SSSR count). The van der Waals surface area contributed by atoms with E-state index in [0.717, 1.165) is 6.42 Å². The lowest BCUT2D eigenvalue weighted by Gasteiger charge is -2.21. The number of hydrogen-bond donors (Lipinski definition) is 1. The van der Waals surface area contributed by atoms with Crippen LogP contribution in [0.1, 0.15) is 33.6 Å². The summed E-state index contributed by atoms with van der Waals surface area (Å²) in [4.78, 5) is 10.8. The molecule has 1 aliphatic rings. The predicted molar refractivity (Wildman–Crippen MR) is 46.6 cm³/mol. The van der Waals surface area contributed by atoms with Crippen LogP contribution < -0.4 is 5.32 Å². The van der Waals surface area contributed by atoms with E-state index in [-0.39, 0.29) is 17.6 Å².